The van der Waals surface area contributed by atoms with Gasteiger partial charge in [-0.25, -0.2) is 0 Å². The van der Waals surface area contributed by atoms with Crippen molar-refractivity contribution < 1.29 is 4.74 Å². The van der Waals surface area contributed by atoms with Gasteiger partial charge in [0.2, 0.25) is 5.88 Å². The van der Waals surface area contributed by atoms with Gasteiger partial charge in [0.15, 0.2) is 5.13 Å². The quantitative estimate of drug-likeness (QED) is 0.834. The van der Waals surface area contributed by atoms with Crippen LogP contribution in [0.1, 0.15) is 32.1 Å². The summed E-state index contributed by atoms with van der Waals surface area (Å²) in [6, 6.07) is 0.496. The van der Waals surface area contributed by atoms with Crippen LogP contribution in [0, 0.1) is 0 Å². The Morgan fingerprint density at radius 2 is 2.16 bits per heavy atom. The zero-order valence-electron chi connectivity index (χ0n) is 12.8. The van der Waals surface area contributed by atoms with Gasteiger partial charge in [0.25, 0.3) is 0 Å². The van der Waals surface area contributed by atoms with E-state index in [0.717, 1.165) is 23.0 Å². The van der Waals surface area contributed by atoms with Crippen molar-refractivity contribution in [3.8, 4) is 5.88 Å². The summed E-state index contributed by atoms with van der Waals surface area (Å²) >= 11 is 1.66. The third-order valence-corrected chi connectivity index (χ3v) is 3.86. The third-order valence-electron chi connectivity index (χ3n) is 2.71. The van der Waals surface area contributed by atoms with E-state index in [1.807, 2.05) is 19.0 Å². The Morgan fingerprint density at radius 1 is 1.47 bits per heavy atom. The first-order valence-corrected chi connectivity index (χ1v) is 7.44. The standard InChI is InChI=1S/C14H25N3OS/c1-7-11(9-15-10(2)3)8-12-13(18-6)16-14(19-12)17(4)5/h8,10,15H,7,9H2,1-6H3. The Hall–Kier alpha value is -1.07. The van der Waals surface area contributed by atoms with Gasteiger partial charge in [0.1, 0.15) is 0 Å². The fraction of sp³-hybridized carbons (Fsp3) is 0.643. The maximum atomic E-state index is 5.35. The monoisotopic (exact) mass is 283 g/mol. The van der Waals surface area contributed by atoms with Crippen LogP contribution in [0.3, 0.4) is 0 Å². The Kier molecular flexibility index (Phi) is 6.31. The van der Waals surface area contributed by atoms with E-state index >= 15 is 0 Å². The molecule has 0 atom stereocenters. The number of nitrogens with zero attached hydrogens (tertiary/aromatic N) is 2. The predicted molar refractivity (Wildman–Crippen MR) is 84.4 cm³/mol. The van der Waals surface area contributed by atoms with Gasteiger partial charge in [0.05, 0.1) is 12.0 Å². The molecule has 0 saturated heterocycles. The highest BCUT2D eigenvalue weighted by Gasteiger charge is 2.11. The van der Waals surface area contributed by atoms with Crippen LogP contribution in [-0.4, -0.2) is 38.8 Å². The van der Waals surface area contributed by atoms with Gasteiger partial charge < -0.3 is 15.0 Å². The normalized spacial score (nSPS) is 12.1. The molecule has 1 rings (SSSR count). The fourth-order valence-electron chi connectivity index (χ4n) is 1.53. The summed E-state index contributed by atoms with van der Waals surface area (Å²) in [4.78, 5) is 7.56. The maximum absolute atomic E-state index is 5.35. The Bertz CT molecular complexity index is 424. The average molecular weight is 283 g/mol. The lowest BCUT2D eigenvalue weighted by molar-refractivity contribution is 0.400. The number of aromatic nitrogens is 1. The molecule has 0 aromatic carbocycles. The van der Waals surface area contributed by atoms with Crippen molar-refractivity contribution in [2.24, 2.45) is 0 Å². The van der Waals surface area contributed by atoms with E-state index in [1.54, 1.807) is 18.4 Å². The van der Waals surface area contributed by atoms with Gasteiger partial charge in [-0.2, -0.15) is 4.98 Å². The van der Waals surface area contributed by atoms with Crippen LogP contribution in [0.25, 0.3) is 6.08 Å². The maximum Gasteiger partial charge on any atom is 0.233 e. The first-order valence-electron chi connectivity index (χ1n) is 6.62. The lowest BCUT2D eigenvalue weighted by Crippen LogP contribution is -2.24. The van der Waals surface area contributed by atoms with Crippen molar-refractivity contribution >= 4 is 22.5 Å². The molecular formula is C14H25N3OS. The van der Waals surface area contributed by atoms with E-state index in [4.69, 9.17) is 4.74 Å². The molecule has 19 heavy (non-hydrogen) atoms. The highest BCUT2D eigenvalue weighted by molar-refractivity contribution is 7.16. The number of methoxy groups -OCH3 is 1. The molecule has 0 aliphatic rings. The minimum absolute atomic E-state index is 0.496. The van der Waals surface area contributed by atoms with Gasteiger partial charge >= 0.3 is 0 Å². The first kappa shape index (κ1) is 16.0. The number of thiazole rings is 1. The number of anilines is 1. The van der Waals surface area contributed by atoms with Crippen LogP contribution in [-0.2, 0) is 0 Å². The second-order valence-electron chi connectivity index (χ2n) is 4.96. The van der Waals surface area contributed by atoms with Crippen LogP contribution >= 0.6 is 11.3 Å². The smallest absolute Gasteiger partial charge is 0.233 e. The fourth-order valence-corrected chi connectivity index (χ4v) is 2.48. The van der Waals surface area contributed by atoms with E-state index in [1.165, 1.54) is 5.57 Å². The number of nitrogens with one attached hydrogen (secondary N) is 1. The molecule has 1 aromatic heterocycles. The lowest BCUT2D eigenvalue weighted by atomic mass is 10.1. The van der Waals surface area contributed by atoms with Crippen molar-refractivity contribution in [3.63, 3.8) is 0 Å². The summed E-state index contributed by atoms with van der Waals surface area (Å²) < 4.78 is 5.35. The van der Waals surface area contributed by atoms with E-state index in [-0.39, 0.29) is 0 Å². The zero-order chi connectivity index (χ0) is 14.4. The van der Waals surface area contributed by atoms with E-state index < -0.39 is 0 Å². The Balaban J connectivity index is 2.93. The molecule has 0 saturated carbocycles. The molecule has 0 fully saturated rings. The third kappa shape index (κ3) is 4.84. The van der Waals surface area contributed by atoms with Crippen molar-refractivity contribution in [1.82, 2.24) is 10.3 Å². The highest BCUT2D eigenvalue weighted by Crippen LogP contribution is 2.32. The largest absolute Gasteiger partial charge is 0.480 e. The lowest BCUT2D eigenvalue weighted by Gasteiger charge is -2.10. The Labute approximate surface area is 120 Å². The SMILES string of the molecule is CCC(=Cc1sc(N(C)C)nc1OC)CNC(C)C. The number of rotatable bonds is 7. The molecular weight excluding hydrogens is 258 g/mol. The molecule has 1 heterocycles. The van der Waals surface area contributed by atoms with Crippen LogP contribution in [0.5, 0.6) is 5.88 Å². The van der Waals surface area contributed by atoms with Crippen molar-refractivity contribution in [2.45, 2.75) is 33.2 Å². The number of hydrogen-bond acceptors (Lipinski definition) is 5. The van der Waals surface area contributed by atoms with Crippen molar-refractivity contribution in [3.05, 3.63) is 10.5 Å². The van der Waals surface area contributed by atoms with Gasteiger partial charge in [-0.05, 0) is 12.5 Å². The molecule has 0 spiro atoms. The van der Waals surface area contributed by atoms with Gasteiger partial charge in [-0.3, -0.25) is 0 Å². The molecule has 1 N–H and O–H groups in total. The molecule has 1 aromatic rings. The number of hydrogen-bond donors (Lipinski definition) is 1. The molecule has 0 bridgehead atoms. The van der Waals surface area contributed by atoms with Crippen LogP contribution in [0.2, 0.25) is 0 Å². The molecule has 0 amide bonds. The van der Waals surface area contributed by atoms with Crippen LogP contribution in [0.4, 0.5) is 5.13 Å². The Morgan fingerprint density at radius 3 is 2.63 bits per heavy atom. The summed E-state index contributed by atoms with van der Waals surface area (Å²) in [5, 5.41) is 4.42. The summed E-state index contributed by atoms with van der Waals surface area (Å²) in [5.41, 5.74) is 1.36. The zero-order valence-corrected chi connectivity index (χ0v) is 13.6. The molecule has 0 aliphatic heterocycles. The topological polar surface area (TPSA) is 37.4 Å². The molecule has 0 aliphatic carbocycles. The molecule has 0 radical (unpaired) electrons. The summed E-state index contributed by atoms with van der Waals surface area (Å²) in [6.07, 6.45) is 3.22. The van der Waals surface area contributed by atoms with Gasteiger partial charge in [-0.15, -0.1) is 0 Å². The summed E-state index contributed by atoms with van der Waals surface area (Å²) in [7, 11) is 5.66. The van der Waals surface area contributed by atoms with E-state index in [9.17, 15) is 0 Å². The molecule has 5 heteroatoms. The summed E-state index contributed by atoms with van der Waals surface area (Å²) in [5.74, 6) is 0.712. The van der Waals surface area contributed by atoms with Crippen molar-refractivity contribution in [1.29, 1.82) is 0 Å². The summed E-state index contributed by atoms with van der Waals surface area (Å²) in [6.45, 7) is 7.40. The van der Waals surface area contributed by atoms with Crippen LogP contribution < -0.4 is 15.0 Å². The van der Waals surface area contributed by atoms with Gasteiger partial charge in [0, 0.05) is 26.7 Å². The van der Waals surface area contributed by atoms with Gasteiger partial charge in [-0.1, -0.05) is 37.7 Å². The van der Waals surface area contributed by atoms with E-state index in [0.29, 0.717) is 11.9 Å². The predicted octanol–water partition coefficient (Wildman–Crippen LogP) is 3.01. The first-order chi connectivity index (χ1) is 8.97. The van der Waals surface area contributed by atoms with Crippen molar-refractivity contribution in [2.75, 3.05) is 32.6 Å². The van der Waals surface area contributed by atoms with E-state index in [2.05, 4.69) is 37.1 Å². The van der Waals surface area contributed by atoms with Crippen LogP contribution in [0.15, 0.2) is 5.57 Å². The minimum Gasteiger partial charge on any atom is -0.480 e. The second kappa shape index (κ2) is 7.50. The molecule has 108 valence electrons. The molecule has 0 unspecified atom stereocenters. The minimum atomic E-state index is 0.496. The molecule has 4 nitrogen and oxygen atoms in total. The second-order valence-corrected chi connectivity index (χ2v) is 5.97. The highest BCUT2D eigenvalue weighted by atomic mass is 32.1. The number of ether oxygens (including phenoxy) is 1. The average Bonchev–Trinajstić information content (AvgIpc) is 2.77.